The van der Waals surface area contributed by atoms with Crippen LogP contribution in [-0.2, 0) is 16.1 Å². The highest BCUT2D eigenvalue weighted by molar-refractivity contribution is 5.75. The lowest BCUT2D eigenvalue weighted by Gasteiger charge is -2.33. The van der Waals surface area contributed by atoms with Crippen molar-refractivity contribution >= 4 is 11.6 Å². The smallest absolute Gasteiger partial charge is 0.350 e. The van der Waals surface area contributed by atoms with E-state index < -0.39 is 0 Å². The van der Waals surface area contributed by atoms with E-state index in [0.29, 0.717) is 18.7 Å². The number of hydrogen-bond donors (Lipinski definition) is 0. The van der Waals surface area contributed by atoms with Crippen LogP contribution in [0.3, 0.4) is 0 Å². The molecule has 0 saturated carbocycles. The van der Waals surface area contributed by atoms with Crippen molar-refractivity contribution in [3.63, 3.8) is 0 Å². The second-order valence-electron chi connectivity index (χ2n) is 5.51. The molecule has 0 amide bonds. The largest absolute Gasteiger partial charge is 0.468 e. The Morgan fingerprint density at radius 1 is 1.36 bits per heavy atom. The Kier molecular flexibility index (Phi) is 4.24. The number of likely N-dealkylation sites (tertiary alicyclic amines) is 1. The van der Waals surface area contributed by atoms with Crippen LogP contribution in [0.5, 0.6) is 0 Å². The molecule has 0 N–H and O–H groups in total. The fraction of sp³-hybridized carbons (Fsp3) is 0.533. The molecule has 2 aromatic rings. The summed E-state index contributed by atoms with van der Waals surface area (Å²) in [6.07, 6.45) is 4.62. The van der Waals surface area contributed by atoms with Gasteiger partial charge in [-0.25, -0.2) is 9.48 Å². The van der Waals surface area contributed by atoms with Crippen molar-refractivity contribution in [3.05, 3.63) is 34.9 Å². The van der Waals surface area contributed by atoms with Crippen LogP contribution in [-0.4, -0.2) is 51.3 Å². The number of carbonyl (C=O) groups excluding carboxylic acids is 1. The molecule has 0 bridgehead atoms. The SMILES string of the molecule is COC(=O)C1CCCCN1CCn1nc2ccccn2c1=O. The van der Waals surface area contributed by atoms with E-state index in [4.69, 9.17) is 4.74 Å². The Balaban J connectivity index is 1.73. The number of piperidine rings is 1. The van der Waals surface area contributed by atoms with E-state index in [1.54, 1.807) is 18.3 Å². The summed E-state index contributed by atoms with van der Waals surface area (Å²) in [4.78, 5) is 26.2. The highest BCUT2D eigenvalue weighted by Crippen LogP contribution is 2.17. The third kappa shape index (κ3) is 2.76. The van der Waals surface area contributed by atoms with Crippen LogP contribution in [0.15, 0.2) is 29.2 Å². The van der Waals surface area contributed by atoms with E-state index >= 15 is 0 Å². The molecule has 1 atom stereocenters. The van der Waals surface area contributed by atoms with Gasteiger partial charge in [-0.3, -0.25) is 14.1 Å². The molecule has 1 unspecified atom stereocenters. The predicted molar refractivity (Wildman–Crippen MR) is 80.7 cm³/mol. The first-order valence-electron chi connectivity index (χ1n) is 7.57. The molecule has 1 fully saturated rings. The van der Waals surface area contributed by atoms with Crippen molar-refractivity contribution < 1.29 is 9.53 Å². The molecule has 118 valence electrons. The Morgan fingerprint density at radius 3 is 3.00 bits per heavy atom. The maximum absolute atomic E-state index is 12.2. The maximum atomic E-state index is 12.2. The molecular weight excluding hydrogens is 284 g/mol. The number of carbonyl (C=O) groups is 1. The van der Waals surface area contributed by atoms with Crippen molar-refractivity contribution in [1.29, 1.82) is 0 Å². The van der Waals surface area contributed by atoms with Gasteiger partial charge in [-0.2, -0.15) is 0 Å². The topological polar surface area (TPSA) is 68.8 Å². The third-order valence-electron chi connectivity index (χ3n) is 4.17. The minimum atomic E-state index is -0.202. The van der Waals surface area contributed by atoms with Gasteiger partial charge in [0.2, 0.25) is 0 Å². The fourth-order valence-electron chi connectivity index (χ4n) is 3.00. The first kappa shape index (κ1) is 14.8. The Labute approximate surface area is 128 Å². The van der Waals surface area contributed by atoms with Crippen LogP contribution in [0, 0.1) is 0 Å². The average Bonchev–Trinajstić information content (AvgIpc) is 2.89. The zero-order valence-corrected chi connectivity index (χ0v) is 12.6. The van der Waals surface area contributed by atoms with Gasteiger partial charge in [0, 0.05) is 12.7 Å². The van der Waals surface area contributed by atoms with Crippen molar-refractivity contribution in [1.82, 2.24) is 19.1 Å². The van der Waals surface area contributed by atoms with Crippen LogP contribution in [0.4, 0.5) is 0 Å². The molecule has 0 aliphatic carbocycles. The highest BCUT2D eigenvalue weighted by Gasteiger charge is 2.29. The molecule has 7 nitrogen and oxygen atoms in total. The Bertz CT molecular complexity index is 721. The van der Waals surface area contributed by atoms with Crippen LogP contribution in [0.2, 0.25) is 0 Å². The van der Waals surface area contributed by atoms with Crippen LogP contribution >= 0.6 is 0 Å². The van der Waals surface area contributed by atoms with Gasteiger partial charge in [0.15, 0.2) is 5.65 Å². The number of methoxy groups -OCH3 is 1. The number of ether oxygens (including phenoxy) is 1. The van der Waals surface area contributed by atoms with E-state index in [9.17, 15) is 9.59 Å². The summed E-state index contributed by atoms with van der Waals surface area (Å²) >= 11 is 0. The number of pyridine rings is 1. The summed E-state index contributed by atoms with van der Waals surface area (Å²) in [5, 5.41) is 4.31. The van der Waals surface area contributed by atoms with Crippen LogP contribution in [0.1, 0.15) is 19.3 Å². The van der Waals surface area contributed by atoms with E-state index in [-0.39, 0.29) is 17.7 Å². The van der Waals surface area contributed by atoms with Crippen LogP contribution in [0.25, 0.3) is 5.65 Å². The fourth-order valence-corrected chi connectivity index (χ4v) is 3.00. The first-order chi connectivity index (χ1) is 10.7. The zero-order valence-electron chi connectivity index (χ0n) is 12.6. The summed E-state index contributed by atoms with van der Waals surface area (Å²) in [5.41, 5.74) is 0.484. The summed E-state index contributed by atoms with van der Waals surface area (Å²) in [6.45, 7) is 1.93. The molecule has 7 heteroatoms. The van der Waals surface area contributed by atoms with Gasteiger partial charge in [0.1, 0.15) is 6.04 Å². The quantitative estimate of drug-likeness (QED) is 0.771. The molecule has 0 aromatic carbocycles. The Morgan fingerprint density at radius 2 is 2.23 bits per heavy atom. The van der Waals surface area contributed by atoms with Gasteiger partial charge in [-0.05, 0) is 31.5 Å². The van der Waals surface area contributed by atoms with Gasteiger partial charge in [-0.15, -0.1) is 5.10 Å². The summed E-state index contributed by atoms with van der Waals surface area (Å²) in [6, 6.07) is 5.25. The van der Waals surface area contributed by atoms with Gasteiger partial charge >= 0.3 is 11.7 Å². The van der Waals surface area contributed by atoms with Crippen molar-refractivity contribution in [2.24, 2.45) is 0 Å². The van der Waals surface area contributed by atoms with E-state index in [0.717, 1.165) is 25.8 Å². The normalized spacial score (nSPS) is 19.4. The Hall–Kier alpha value is -2.15. The molecule has 3 heterocycles. The van der Waals surface area contributed by atoms with Crippen molar-refractivity contribution in [2.75, 3.05) is 20.2 Å². The molecule has 3 rings (SSSR count). The molecular formula is C15H20N4O3. The highest BCUT2D eigenvalue weighted by atomic mass is 16.5. The van der Waals surface area contributed by atoms with Crippen molar-refractivity contribution in [3.8, 4) is 0 Å². The first-order valence-corrected chi connectivity index (χ1v) is 7.57. The molecule has 1 aliphatic heterocycles. The van der Waals surface area contributed by atoms with E-state index in [1.807, 2.05) is 6.07 Å². The number of hydrogen-bond acceptors (Lipinski definition) is 5. The third-order valence-corrected chi connectivity index (χ3v) is 4.17. The lowest BCUT2D eigenvalue weighted by atomic mass is 10.0. The van der Waals surface area contributed by atoms with Gasteiger partial charge in [0.05, 0.1) is 13.7 Å². The number of esters is 1. The summed E-state index contributed by atoms with van der Waals surface area (Å²) in [5.74, 6) is -0.193. The number of nitrogens with zero attached hydrogens (tertiary/aromatic N) is 4. The number of aromatic nitrogens is 3. The molecule has 1 aliphatic rings. The standard InChI is InChI=1S/C15H20N4O3/c1-22-14(20)12-6-2-4-8-17(12)10-11-19-15(21)18-9-5-3-7-13(18)16-19/h3,5,7,9,12H,2,4,6,8,10-11H2,1H3. The molecule has 0 spiro atoms. The number of rotatable bonds is 4. The minimum absolute atomic E-state index is 0.151. The lowest BCUT2D eigenvalue weighted by Crippen LogP contribution is -2.47. The number of fused-ring (bicyclic) bond motifs is 1. The second kappa shape index (κ2) is 6.31. The maximum Gasteiger partial charge on any atom is 0.350 e. The molecule has 2 aromatic heterocycles. The molecule has 0 radical (unpaired) electrons. The lowest BCUT2D eigenvalue weighted by molar-refractivity contribution is -0.148. The molecule has 22 heavy (non-hydrogen) atoms. The monoisotopic (exact) mass is 304 g/mol. The van der Waals surface area contributed by atoms with Gasteiger partial charge in [0.25, 0.3) is 0 Å². The average molecular weight is 304 g/mol. The zero-order chi connectivity index (χ0) is 15.5. The van der Waals surface area contributed by atoms with Crippen molar-refractivity contribution in [2.45, 2.75) is 31.8 Å². The van der Waals surface area contributed by atoms with Gasteiger partial charge in [-0.1, -0.05) is 12.5 Å². The predicted octanol–water partition coefficient (Wildman–Crippen LogP) is 0.523. The van der Waals surface area contributed by atoms with E-state index in [2.05, 4.69) is 10.00 Å². The molecule has 1 saturated heterocycles. The summed E-state index contributed by atoms with van der Waals surface area (Å²) in [7, 11) is 1.42. The second-order valence-corrected chi connectivity index (χ2v) is 5.51. The minimum Gasteiger partial charge on any atom is -0.468 e. The van der Waals surface area contributed by atoms with Gasteiger partial charge < -0.3 is 4.74 Å². The van der Waals surface area contributed by atoms with E-state index in [1.165, 1.54) is 16.2 Å². The van der Waals surface area contributed by atoms with Crippen LogP contribution < -0.4 is 5.69 Å². The summed E-state index contributed by atoms with van der Waals surface area (Å²) < 4.78 is 7.85.